The second-order valence-electron chi connectivity index (χ2n) is 3.60. The number of hydrogen-bond acceptors (Lipinski definition) is 4. The molecule has 0 bridgehead atoms. The van der Waals surface area contributed by atoms with Crippen molar-refractivity contribution in [1.82, 2.24) is 4.90 Å². The van der Waals surface area contributed by atoms with Gasteiger partial charge in [0, 0.05) is 26.7 Å². The lowest BCUT2D eigenvalue weighted by Gasteiger charge is -2.30. The van der Waals surface area contributed by atoms with Crippen LogP contribution in [0, 0.1) is 11.2 Å². The molecule has 14 heavy (non-hydrogen) atoms. The molecule has 0 atom stereocenters. The largest absolute Gasteiger partial charge is 0.355 e. The van der Waals surface area contributed by atoms with E-state index in [0.717, 1.165) is 32.3 Å². The highest BCUT2D eigenvalue weighted by atomic mass is 16.7. The Balaban J connectivity index is 2.25. The van der Waals surface area contributed by atoms with Gasteiger partial charge < -0.3 is 9.47 Å². The first-order valence-electron chi connectivity index (χ1n) is 4.97. The van der Waals surface area contributed by atoms with Gasteiger partial charge in [-0.2, -0.15) is 0 Å². The third-order valence-electron chi connectivity index (χ3n) is 2.70. The van der Waals surface area contributed by atoms with Crippen LogP contribution >= 0.6 is 0 Å². The first-order valence-corrected chi connectivity index (χ1v) is 4.97. The predicted octanol–water partition coefficient (Wildman–Crippen LogP) is 0.478. The zero-order chi connectivity index (χ0) is 10.4. The number of ether oxygens (including phenoxy) is 2. The third-order valence-corrected chi connectivity index (χ3v) is 2.70. The van der Waals surface area contributed by atoms with Gasteiger partial charge in [0.1, 0.15) is 0 Å². The molecule has 78 valence electrons. The highest BCUT2D eigenvalue weighted by molar-refractivity contribution is 6.67. The van der Waals surface area contributed by atoms with Gasteiger partial charge in [-0.15, -0.1) is 0 Å². The molecular formula is C9H17BN2O2. The van der Waals surface area contributed by atoms with Crippen LogP contribution < -0.4 is 0 Å². The summed E-state index contributed by atoms with van der Waals surface area (Å²) in [5.41, 5.74) is 0. The van der Waals surface area contributed by atoms with E-state index in [-0.39, 0.29) is 13.0 Å². The van der Waals surface area contributed by atoms with Crippen molar-refractivity contribution in [3.8, 4) is 5.97 Å². The minimum absolute atomic E-state index is 0.145. The highest BCUT2D eigenvalue weighted by Gasteiger charge is 2.23. The molecule has 1 heterocycles. The van der Waals surface area contributed by atoms with Crippen molar-refractivity contribution in [2.24, 2.45) is 0 Å². The maximum atomic E-state index is 8.73. The van der Waals surface area contributed by atoms with Crippen LogP contribution in [0.2, 0.25) is 12.6 Å². The number of nitriles is 1. The summed E-state index contributed by atoms with van der Waals surface area (Å²) in [5.74, 6) is 2.32. The zero-order valence-corrected chi connectivity index (χ0v) is 8.90. The van der Waals surface area contributed by atoms with Crippen molar-refractivity contribution in [3.05, 3.63) is 0 Å². The molecule has 0 N–H and O–H groups in total. The van der Waals surface area contributed by atoms with E-state index in [1.165, 1.54) is 0 Å². The van der Waals surface area contributed by atoms with Gasteiger partial charge in [0.2, 0.25) is 0 Å². The van der Waals surface area contributed by atoms with E-state index in [4.69, 9.17) is 14.7 Å². The maximum Gasteiger partial charge on any atom is 0.270 e. The van der Waals surface area contributed by atoms with Crippen LogP contribution in [0.4, 0.5) is 0 Å². The van der Waals surface area contributed by atoms with E-state index in [2.05, 4.69) is 10.9 Å². The first kappa shape index (κ1) is 11.5. The average molecular weight is 196 g/mol. The summed E-state index contributed by atoms with van der Waals surface area (Å²) in [7, 11) is 3.30. The van der Waals surface area contributed by atoms with E-state index >= 15 is 0 Å². The fourth-order valence-corrected chi connectivity index (χ4v) is 1.70. The molecule has 5 heteroatoms. The molecule has 0 radical (unpaired) electrons. The first-order chi connectivity index (χ1) is 6.80. The number of hydrogen-bond donors (Lipinski definition) is 0. The van der Waals surface area contributed by atoms with E-state index < -0.39 is 0 Å². The Bertz CT molecular complexity index is 195. The molecule has 0 spiro atoms. The summed E-state index contributed by atoms with van der Waals surface area (Å²) in [6, 6.07) is 0. The maximum absolute atomic E-state index is 8.73. The Labute approximate surface area is 85.9 Å². The van der Waals surface area contributed by atoms with Crippen molar-refractivity contribution >= 4 is 6.71 Å². The number of methoxy groups -OCH3 is 2. The summed E-state index contributed by atoms with van der Waals surface area (Å²) in [4.78, 5) is 2.28. The number of rotatable bonds is 4. The Morgan fingerprint density at radius 1 is 1.36 bits per heavy atom. The lowest BCUT2D eigenvalue weighted by atomic mass is 9.45. The van der Waals surface area contributed by atoms with E-state index in [9.17, 15) is 0 Å². The topological polar surface area (TPSA) is 45.5 Å². The Hall–Kier alpha value is -0.565. The minimum Gasteiger partial charge on any atom is -0.355 e. The monoisotopic (exact) mass is 196 g/mol. The van der Waals surface area contributed by atoms with E-state index in [1.54, 1.807) is 14.2 Å². The molecule has 4 nitrogen and oxygen atoms in total. The van der Waals surface area contributed by atoms with Crippen molar-refractivity contribution < 1.29 is 9.47 Å². The summed E-state index contributed by atoms with van der Waals surface area (Å²) in [6.45, 7) is 2.99. The summed E-state index contributed by atoms with van der Waals surface area (Å²) >= 11 is 0. The van der Waals surface area contributed by atoms with Gasteiger partial charge in [0.05, 0.1) is 0 Å². The molecule has 1 rings (SSSR count). The van der Waals surface area contributed by atoms with E-state index in [0.29, 0.717) is 0 Å². The summed E-state index contributed by atoms with van der Waals surface area (Å²) < 4.78 is 10.3. The smallest absolute Gasteiger partial charge is 0.270 e. The second-order valence-corrected chi connectivity index (χ2v) is 3.60. The van der Waals surface area contributed by atoms with Crippen molar-refractivity contribution in [2.45, 2.75) is 18.9 Å². The molecule has 0 aromatic rings. The van der Waals surface area contributed by atoms with Gasteiger partial charge in [-0.05, 0) is 25.7 Å². The Morgan fingerprint density at radius 2 is 1.93 bits per heavy atom. The highest BCUT2D eigenvalue weighted by Crippen LogP contribution is 2.11. The SMILES string of the molecule is COC(CN1CCB(C#N)CC1)OC. The molecule has 0 saturated carbocycles. The zero-order valence-electron chi connectivity index (χ0n) is 8.90. The van der Waals surface area contributed by atoms with Crippen LogP contribution in [0.5, 0.6) is 0 Å². The average Bonchev–Trinajstić information content (AvgIpc) is 2.26. The fraction of sp³-hybridized carbons (Fsp3) is 0.889. The van der Waals surface area contributed by atoms with Gasteiger partial charge in [-0.3, -0.25) is 4.90 Å². The van der Waals surface area contributed by atoms with Crippen molar-refractivity contribution in [2.75, 3.05) is 33.9 Å². The molecule has 0 aromatic carbocycles. The third kappa shape index (κ3) is 3.30. The van der Waals surface area contributed by atoms with Crippen LogP contribution in [0.15, 0.2) is 0 Å². The molecule has 1 fully saturated rings. The Morgan fingerprint density at radius 3 is 2.36 bits per heavy atom. The Kier molecular flexibility index (Phi) is 4.95. The van der Waals surface area contributed by atoms with Gasteiger partial charge in [0.25, 0.3) is 6.71 Å². The molecule has 0 aromatic heterocycles. The fourth-order valence-electron chi connectivity index (χ4n) is 1.70. The lowest BCUT2D eigenvalue weighted by molar-refractivity contribution is -0.115. The predicted molar refractivity (Wildman–Crippen MR) is 55.2 cm³/mol. The molecule has 1 aliphatic rings. The van der Waals surface area contributed by atoms with Crippen molar-refractivity contribution in [1.29, 1.82) is 5.26 Å². The number of nitrogens with zero attached hydrogens (tertiary/aromatic N) is 2. The standard InChI is InChI=1S/C9H17BN2O2/c1-13-9(14-2)7-12-5-3-10(8-11)4-6-12/h9H,3-7H2,1-2H3. The summed E-state index contributed by atoms with van der Waals surface area (Å²) in [6.07, 6.45) is 1.79. The van der Waals surface area contributed by atoms with Crippen LogP contribution in [0.1, 0.15) is 0 Å². The van der Waals surface area contributed by atoms with Gasteiger partial charge >= 0.3 is 0 Å². The van der Waals surface area contributed by atoms with Crippen LogP contribution in [-0.2, 0) is 9.47 Å². The molecular weight excluding hydrogens is 179 g/mol. The van der Waals surface area contributed by atoms with Crippen molar-refractivity contribution in [3.63, 3.8) is 0 Å². The lowest BCUT2D eigenvalue weighted by Crippen LogP contribution is -2.41. The van der Waals surface area contributed by atoms with E-state index in [1.807, 2.05) is 0 Å². The van der Waals surface area contributed by atoms with Crippen LogP contribution in [0.25, 0.3) is 0 Å². The summed E-state index contributed by atoms with van der Waals surface area (Å²) in [5, 5.41) is 8.73. The quantitative estimate of drug-likeness (QED) is 0.484. The molecule has 0 amide bonds. The molecule has 0 aliphatic carbocycles. The molecule has 0 unspecified atom stereocenters. The van der Waals surface area contributed by atoms with Crippen LogP contribution in [0.3, 0.4) is 0 Å². The van der Waals surface area contributed by atoms with Gasteiger partial charge in [-0.25, -0.2) is 5.26 Å². The normalized spacial score (nSPS) is 18.6. The minimum atomic E-state index is -0.145. The molecule has 1 aliphatic heterocycles. The molecule has 1 saturated heterocycles. The second kappa shape index (κ2) is 6.02. The van der Waals surface area contributed by atoms with Gasteiger partial charge in [0.15, 0.2) is 6.29 Å². The van der Waals surface area contributed by atoms with Crippen LogP contribution in [-0.4, -0.2) is 51.8 Å². The van der Waals surface area contributed by atoms with Gasteiger partial charge in [-0.1, -0.05) is 0 Å².